The molecule has 0 spiro atoms. The molecule has 0 fully saturated rings. The molecule has 130 valence electrons. The third kappa shape index (κ3) is 2.71. The fraction of sp³-hybridized carbons (Fsp3) is 0.421. The van der Waals surface area contributed by atoms with Crippen molar-refractivity contribution < 1.29 is 0 Å². The fourth-order valence-electron chi connectivity index (χ4n) is 3.36. The summed E-state index contributed by atoms with van der Waals surface area (Å²) in [7, 11) is 1.87. The van der Waals surface area contributed by atoms with Gasteiger partial charge in [-0.25, -0.2) is 0 Å². The molecule has 0 saturated carbocycles. The van der Waals surface area contributed by atoms with Crippen LogP contribution >= 0.6 is 0 Å². The molecule has 0 unspecified atom stereocenters. The van der Waals surface area contributed by atoms with Crippen LogP contribution in [0.3, 0.4) is 0 Å². The SMILES string of the molecule is Cn1ncc2c(N)nc(N3CCc4cc(C(C)(C)C)ccc4C3)nc21. The predicted octanol–water partition coefficient (Wildman–Crippen LogP) is 2.81. The Hall–Kier alpha value is -2.63. The van der Waals surface area contributed by atoms with E-state index < -0.39 is 0 Å². The standard InChI is InChI=1S/C19H24N6/c1-19(2,3)14-6-5-13-11-25(8-7-12(13)9-14)18-22-16(20)15-10-21-24(4)17(15)23-18/h5-6,9-10H,7-8,11H2,1-4H3,(H2,20,22,23). The number of nitrogen functional groups attached to an aromatic ring is 1. The highest BCUT2D eigenvalue weighted by Crippen LogP contribution is 2.29. The summed E-state index contributed by atoms with van der Waals surface area (Å²) < 4.78 is 1.74. The van der Waals surface area contributed by atoms with Gasteiger partial charge < -0.3 is 10.6 Å². The Kier molecular flexibility index (Phi) is 3.45. The molecule has 25 heavy (non-hydrogen) atoms. The number of benzene rings is 1. The van der Waals surface area contributed by atoms with Crippen molar-refractivity contribution in [2.45, 2.75) is 39.2 Å². The monoisotopic (exact) mass is 336 g/mol. The highest BCUT2D eigenvalue weighted by Gasteiger charge is 2.22. The number of anilines is 2. The zero-order chi connectivity index (χ0) is 17.8. The van der Waals surface area contributed by atoms with Gasteiger partial charge in [-0.1, -0.05) is 39.0 Å². The molecule has 2 N–H and O–H groups in total. The van der Waals surface area contributed by atoms with Gasteiger partial charge in [0.05, 0.1) is 11.6 Å². The van der Waals surface area contributed by atoms with E-state index in [1.54, 1.807) is 10.9 Å². The second-order valence-corrected chi connectivity index (χ2v) is 7.82. The zero-order valence-electron chi connectivity index (χ0n) is 15.2. The third-order valence-electron chi connectivity index (χ3n) is 4.98. The summed E-state index contributed by atoms with van der Waals surface area (Å²) >= 11 is 0. The van der Waals surface area contributed by atoms with Crippen molar-refractivity contribution in [2.24, 2.45) is 7.05 Å². The summed E-state index contributed by atoms with van der Waals surface area (Å²) in [5, 5.41) is 5.03. The Bertz CT molecular complexity index is 950. The lowest BCUT2D eigenvalue weighted by atomic mass is 9.84. The first kappa shape index (κ1) is 15.9. The van der Waals surface area contributed by atoms with Gasteiger partial charge in [0.1, 0.15) is 5.82 Å². The van der Waals surface area contributed by atoms with Crippen LogP contribution in [0.1, 0.15) is 37.5 Å². The fourth-order valence-corrected chi connectivity index (χ4v) is 3.36. The summed E-state index contributed by atoms with van der Waals surface area (Å²) in [6, 6.07) is 6.84. The molecule has 0 bridgehead atoms. The van der Waals surface area contributed by atoms with Crippen molar-refractivity contribution in [3.63, 3.8) is 0 Å². The molecule has 0 radical (unpaired) electrons. The topological polar surface area (TPSA) is 72.9 Å². The lowest BCUT2D eigenvalue weighted by Crippen LogP contribution is -2.32. The molecular weight excluding hydrogens is 312 g/mol. The number of aromatic nitrogens is 4. The molecular formula is C19H24N6. The molecule has 6 heteroatoms. The van der Waals surface area contributed by atoms with Crippen LogP contribution in [0.2, 0.25) is 0 Å². The summed E-state index contributed by atoms with van der Waals surface area (Å²) in [4.78, 5) is 11.4. The highest BCUT2D eigenvalue weighted by molar-refractivity contribution is 5.86. The molecule has 4 rings (SSSR count). The molecule has 0 atom stereocenters. The van der Waals surface area contributed by atoms with Gasteiger partial charge in [0.25, 0.3) is 0 Å². The van der Waals surface area contributed by atoms with Gasteiger partial charge in [-0.15, -0.1) is 0 Å². The minimum atomic E-state index is 0.175. The van der Waals surface area contributed by atoms with Crippen LogP contribution in [0.15, 0.2) is 24.4 Å². The quantitative estimate of drug-likeness (QED) is 0.740. The summed E-state index contributed by atoms with van der Waals surface area (Å²) in [5.41, 5.74) is 11.2. The predicted molar refractivity (Wildman–Crippen MR) is 101 cm³/mol. The van der Waals surface area contributed by atoms with Crippen molar-refractivity contribution in [1.29, 1.82) is 0 Å². The van der Waals surface area contributed by atoms with Crippen molar-refractivity contribution in [1.82, 2.24) is 19.7 Å². The van der Waals surface area contributed by atoms with Gasteiger partial charge in [-0.2, -0.15) is 15.1 Å². The van der Waals surface area contributed by atoms with Gasteiger partial charge >= 0.3 is 0 Å². The second kappa shape index (κ2) is 5.44. The second-order valence-electron chi connectivity index (χ2n) is 7.82. The van der Waals surface area contributed by atoms with Crippen LogP contribution < -0.4 is 10.6 Å². The number of nitrogens with zero attached hydrogens (tertiary/aromatic N) is 5. The lowest BCUT2D eigenvalue weighted by molar-refractivity contribution is 0.587. The lowest BCUT2D eigenvalue weighted by Gasteiger charge is -2.30. The van der Waals surface area contributed by atoms with Crippen LogP contribution in [0.4, 0.5) is 11.8 Å². The molecule has 3 aromatic rings. The number of fused-ring (bicyclic) bond motifs is 2. The van der Waals surface area contributed by atoms with Crippen LogP contribution in [0.25, 0.3) is 11.0 Å². The third-order valence-corrected chi connectivity index (χ3v) is 4.98. The van der Waals surface area contributed by atoms with E-state index in [0.717, 1.165) is 30.5 Å². The van der Waals surface area contributed by atoms with Crippen molar-refractivity contribution in [3.05, 3.63) is 41.1 Å². The molecule has 6 nitrogen and oxygen atoms in total. The molecule has 1 aliphatic rings. The van der Waals surface area contributed by atoms with E-state index in [-0.39, 0.29) is 5.41 Å². The van der Waals surface area contributed by atoms with E-state index in [4.69, 9.17) is 5.73 Å². The number of aryl methyl sites for hydroxylation is 1. The maximum Gasteiger partial charge on any atom is 0.229 e. The van der Waals surface area contributed by atoms with E-state index in [0.29, 0.717) is 11.8 Å². The van der Waals surface area contributed by atoms with E-state index >= 15 is 0 Å². The average Bonchev–Trinajstić information content (AvgIpc) is 2.95. The summed E-state index contributed by atoms with van der Waals surface area (Å²) in [5.74, 6) is 1.17. The first-order valence-electron chi connectivity index (χ1n) is 8.65. The molecule has 0 amide bonds. The van der Waals surface area contributed by atoms with E-state index in [1.165, 1.54) is 16.7 Å². The molecule has 0 aliphatic carbocycles. The maximum absolute atomic E-state index is 6.11. The van der Waals surface area contributed by atoms with Crippen molar-refractivity contribution >= 4 is 22.8 Å². The minimum absolute atomic E-state index is 0.175. The summed E-state index contributed by atoms with van der Waals surface area (Å²) in [6.45, 7) is 8.46. The van der Waals surface area contributed by atoms with Gasteiger partial charge in [0.2, 0.25) is 5.95 Å². The maximum atomic E-state index is 6.11. The Balaban J connectivity index is 1.68. The first-order chi connectivity index (χ1) is 11.8. The van der Waals surface area contributed by atoms with Crippen molar-refractivity contribution in [2.75, 3.05) is 17.2 Å². The number of rotatable bonds is 1. The minimum Gasteiger partial charge on any atom is -0.383 e. The molecule has 1 aromatic carbocycles. The van der Waals surface area contributed by atoms with Crippen LogP contribution in [0, 0.1) is 0 Å². The molecule has 3 heterocycles. The Morgan fingerprint density at radius 1 is 1.12 bits per heavy atom. The Morgan fingerprint density at radius 2 is 1.92 bits per heavy atom. The molecule has 0 saturated heterocycles. The van der Waals surface area contributed by atoms with Gasteiger partial charge in [0, 0.05) is 20.1 Å². The van der Waals surface area contributed by atoms with E-state index in [2.05, 4.69) is 58.9 Å². The molecule has 2 aromatic heterocycles. The van der Waals surface area contributed by atoms with E-state index in [1.807, 2.05) is 7.05 Å². The van der Waals surface area contributed by atoms with Crippen LogP contribution in [-0.2, 0) is 25.4 Å². The van der Waals surface area contributed by atoms with Gasteiger partial charge in [-0.3, -0.25) is 4.68 Å². The smallest absolute Gasteiger partial charge is 0.229 e. The summed E-state index contributed by atoms with van der Waals surface area (Å²) in [6.07, 6.45) is 2.71. The van der Waals surface area contributed by atoms with E-state index in [9.17, 15) is 0 Å². The number of hydrogen-bond acceptors (Lipinski definition) is 5. The van der Waals surface area contributed by atoms with Crippen LogP contribution in [-0.4, -0.2) is 26.3 Å². The van der Waals surface area contributed by atoms with Gasteiger partial charge in [-0.05, 0) is 28.5 Å². The highest BCUT2D eigenvalue weighted by atomic mass is 15.3. The largest absolute Gasteiger partial charge is 0.383 e. The van der Waals surface area contributed by atoms with Crippen LogP contribution in [0.5, 0.6) is 0 Å². The Labute approximate surface area is 147 Å². The first-order valence-corrected chi connectivity index (χ1v) is 8.65. The van der Waals surface area contributed by atoms with Gasteiger partial charge in [0.15, 0.2) is 5.65 Å². The molecule has 1 aliphatic heterocycles. The van der Waals surface area contributed by atoms with Crippen molar-refractivity contribution in [3.8, 4) is 0 Å². The Morgan fingerprint density at radius 3 is 2.68 bits per heavy atom. The zero-order valence-corrected chi connectivity index (χ0v) is 15.2. The average molecular weight is 336 g/mol. The normalized spacial score (nSPS) is 14.8. The number of hydrogen-bond donors (Lipinski definition) is 1. The number of nitrogens with two attached hydrogens (primary N) is 1.